The first-order valence-corrected chi connectivity index (χ1v) is 5.82. The van der Waals surface area contributed by atoms with Gasteiger partial charge in [-0.25, -0.2) is 9.97 Å². The quantitative estimate of drug-likeness (QED) is 0.858. The maximum absolute atomic E-state index is 5.88. The van der Waals surface area contributed by atoms with Gasteiger partial charge >= 0.3 is 0 Å². The first-order valence-electron chi connectivity index (χ1n) is 5.82. The molecule has 0 atom stereocenters. The standard InChI is InChI=1S/C14H17N3/c1-4-11-6-5-7-12(8-11)13-9(2)14(15)17-10(3)16-13/h5-8H,4H2,1-3H3,(H2,15,16,17). The second-order valence-corrected chi connectivity index (χ2v) is 4.18. The first-order chi connectivity index (χ1) is 8.11. The highest BCUT2D eigenvalue weighted by atomic mass is 14.9. The van der Waals surface area contributed by atoms with Gasteiger partial charge in [0.15, 0.2) is 0 Å². The predicted octanol–water partition coefficient (Wildman–Crippen LogP) is 2.91. The molecule has 2 N–H and O–H groups in total. The number of rotatable bonds is 2. The van der Waals surface area contributed by atoms with Crippen molar-refractivity contribution in [2.24, 2.45) is 0 Å². The average molecular weight is 227 g/mol. The smallest absolute Gasteiger partial charge is 0.130 e. The summed E-state index contributed by atoms with van der Waals surface area (Å²) in [6.07, 6.45) is 1.02. The van der Waals surface area contributed by atoms with Crippen LogP contribution < -0.4 is 5.73 Å². The number of benzene rings is 1. The molecule has 0 aliphatic rings. The van der Waals surface area contributed by atoms with Crippen LogP contribution in [0.1, 0.15) is 23.9 Å². The molecule has 3 heteroatoms. The van der Waals surface area contributed by atoms with E-state index in [0.717, 1.165) is 23.2 Å². The van der Waals surface area contributed by atoms with E-state index in [1.165, 1.54) is 5.56 Å². The zero-order chi connectivity index (χ0) is 12.4. The Labute approximate surface area is 102 Å². The third-order valence-electron chi connectivity index (χ3n) is 2.90. The molecule has 1 aromatic heterocycles. The van der Waals surface area contributed by atoms with E-state index in [4.69, 9.17) is 5.73 Å². The molecule has 17 heavy (non-hydrogen) atoms. The lowest BCUT2D eigenvalue weighted by Crippen LogP contribution is -2.02. The highest BCUT2D eigenvalue weighted by Gasteiger charge is 2.09. The summed E-state index contributed by atoms with van der Waals surface area (Å²) in [5.74, 6) is 1.28. The molecule has 2 rings (SSSR count). The van der Waals surface area contributed by atoms with Gasteiger partial charge in [0.2, 0.25) is 0 Å². The van der Waals surface area contributed by atoms with E-state index in [0.29, 0.717) is 11.6 Å². The van der Waals surface area contributed by atoms with E-state index in [1.54, 1.807) is 0 Å². The van der Waals surface area contributed by atoms with Gasteiger partial charge in [-0.2, -0.15) is 0 Å². The molecule has 0 saturated heterocycles. The Hall–Kier alpha value is -1.90. The molecule has 0 aliphatic carbocycles. The molecule has 0 spiro atoms. The van der Waals surface area contributed by atoms with Gasteiger partial charge in [0.05, 0.1) is 5.69 Å². The van der Waals surface area contributed by atoms with Crippen molar-refractivity contribution in [2.45, 2.75) is 27.2 Å². The van der Waals surface area contributed by atoms with E-state index >= 15 is 0 Å². The number of nitrogen functional groups attached to an aromatic ring is 1. The summed E-state index contributed by atoms with van der Waals surface area (Å²) in [6.45, 7) is 5.97. The highest BCUT2D eigenvalue weighted by molar-refractivity contribution is 5.67. The van der Waals surface area contributed by atoms with Crippen LogP contribution in [0.15, 0.2) is 24.3 Å². The summed E-state index contributed by atoms with van der Waals surface area (Å²) in [5, 5.41) is 0. The van der Waals surface area contributed by atoms with Crippen molar-refractivity contribution in [2.75, 3.05) is 5.73 Å². The van der Waals surface area contributed by atoms with Crippen LogP contribution in [-0.2, 0) is 6.42 Å². The lowest BCUT2D eigenvalue weighted by molar-refractivity contribution is 1.04. The average Bonchev–Trinajstić information content (AvgIpc) is 2.34. The Morgan fingerprint density at radius 3 is 2.65 bits per heavy atom. The van der Waals surface area contributed by atoms with Crippen LogP contribution in [0.3, 0.4) is 0 Å². The van der Waals surface area contributed by atoms with Crippen molar-refractivity contribution in [1.82, 2.24) is 9.97 Å². The minimum absolute atomic E-state index is 0.564. The molecular weight excluding hydrogens is 210 g/mol. The second-order valence-electron chi connectivity index (χ2n) is 4.18. The van der Waals surface area contributed by atoms with E-state index < -0.39 is 0 Å². The molecule has 3 nitrogen and oxygen atoms in total. The van der Waals surface area contributed by atoms with Gasteiger partial charge < -0.3 is 5.73 Å². The second kappa shape index (κ2) is 4.53. The van der Waals surface area contributed by atoms with Crippen molar-refractivity contribution in [3.05, 3.63) is 41.2 Å². The Morgan fingerprint density at radius 2 is 1.94 bits per heavy atom. The molecule has 1 heterocycles. The molecular formula is C14H17N3. The number of anilines is 1. The molecule has 0 aliphatic heterocycles. The van der Waals surface area contributed by atoms with Crippen LogP contribution in [-0.4, -0.2) is 9.97 Å². The van der Waals surface area contributed by atoms with Crippen molar-refractivity contribution in [3.8, 4) is 11.3 Å². The van der Waals surface area contributed by atoms with Gasteiger partial charge in [0, 0.05) is 11.1 Å². The summed E-state index contributed by atoms with van der Waals surface area (Å²) in [5.41, 5.74) is 10.2. The van der Waals surface area contributed by atoms with E-state index in [2.05, 4.69) is 41.2 Å². The number of hydrogen-bond donors (Lipinski definition) is 1. The minimum Gasteiger partial charge on any atom is -0.383 e. The zero-order valence-electron chi connectivity index (χ0n) is 10.5. The fourth-order valence-corrected chi connectivity index (χ4v) is 1.87. The zero-order valence-corrected chi connectivity index (χ0v) is 10.5. The number of aryl methyl sites for hydroxylation is 2. The lowest BCUT2D eigenvalue weighted by atomic mass is 10.0. The SMILES string of the molecule is CCc1cccc(-c2nc(C)nc(N)c2C)c1. The predicted molar refractivity (Wildman–Crippen MR) is 70.7 cm³/mol. The van der Waals surface area contributed by atoms with Crippen LogP contribution >= 0.6 is 0 Å². The molecule has 0 fully saturated rings. The monoisotopic (exact) mass is 227 g/mol. The Morgan fingerprint density at radius 1 is 1.18 bits per heavy atom. The van der Waals surface area contributed by atoms with E-state index in [1.807, 2.05) is 13.8 Å². The molecule has 1 aromatic carbocycles. The maximum Gasteiger partial charge on any atom is 0.130 e. The molecule has 0 unspecified atom stereocenters. The van der Waals surface area contributed by atoms with Crippen molar-refractivity contribution in [1.29, 1.82) is 0 Å². The van der Waals surface area contributed by atoms with E-state index in [-0.39, 0.29) is 0 Å². The summed E-state index contributed by atoms with van der Waals surface area (Å²) in [4.78, 5) is 8.66. The van der Waals surface area contributed by atoms with Gasteiger partial charge in [-0.3, -0.25) is 0 Å². The Bertz CT molecular complexity index is 547. The van der Waals surface area contributed by atoms with Crippen molar-refractivity contribution >= 4 is 5.82 Å². The van der Waals surface area contributed by atoms with Crippen molar-refractivity contribution < 1.29 is 0 Å². The summed E-state index contributed by atoms with van der Waals surface area (Å²) >= 11 is 0. The Balaban J connectivity index is 2.59. The highest BCUT2D eigenvalue weighted by Crippen LogP contribution is 2.25. The lowest BCUT2D eigenvalue weighted by Gasteiger charge is -2.09. The minimum atomic E-state index is 0.564. The van der Waals surface area contributed by atoms with Crippen LogP contribution in [0.25, 0.3) is 11.3 Å². The molecule has 0 radical (unpaired) electrons. The first kappa shape index (κ1) is 11.6. The maximum atomic E-state index is 5.88. The molecule has 2 aromatic rings. The van der Waals surface area contributed by atoms with Crippen molar-refractivity contribution in [3.63, 3.8) is 0 Å². The summed E-state index contributed by atoms with van der Waals surface area (Å²) in [6, 6.07) is 8.40. The van der Waals surface area contributed by atoms with Gasteiger partial charge in [0.25, 0.3) is 0 Å². The Kier molecular flexibility index (Phi) is 3.09. The van der Waals surface area contributed by atoms with Crippen LogP contribution in [0.2, 0.25) is 0 Å². The third-order valence-corrected chi connectivity index (χ3v) is 2.90. The number of aromatic nitrogens is 2. The van der Waals surface area contributed by atoms with Gasteiger partial charge in [0.1, 0.15) is 11.6 Å². The van der Waals surface area contributed by atoms with Gasteiger partial charge in [-0.15, -0.1) is 0 Å². The van der Waals surface area contributed by atoms with Crippen LogP contribution in [0.5, 0.6) is 0 Å². The number of nitrogens with zero attached hydrogens (tertiary/aromatic N) is 2. The fraction of sp³-hybridized carbons (Fsp3) is 0.286. The van der Waals surface area contributed by atoms with Gasteiger partial charge in [-0.1, -0.05) is 25.1 Å². The van der Waals surface area contributed by atoms with Crippen LogP contribution in [0.4, 0.5) is 5.82 Å². The summed E-state index contributed by atoms with van der Waals surface area (Å²) < 4.78 is 0. The number of hydrogen-bond acceptors (Lipinski definition) is 3. The molecule has 0 bridgehead atoms. The van der Waals surface area contributed by atoms with Gasteiger partial charge in [-0.05, 0) is 31.9 Å². The molecule has 0 amide bonds. The largest absolute Gasteiger partial charge is 0.383 e. The number of nitrogens with two attached hydrogens (primary N) is 1. The molecule has 88 valence electrons. The van der Waals surface area contributed by atoms with E-state index in [9.17, 15) is 0 Å². The normalized spacial score (nSPS) is 10.5. The van der Waals surface area contributed by atoms with Crippen LogP contribution in [0, 0.1) is 13.8 Å². The third kappa shape index (κ3) is 2.28. The summed E-state index contributed by atoms with van der Waals surface area (Å²) in [7, 11) is 0. The fourth-order valence-electron chi connectivity index (χ4n) is 1.87. The molecule has 0 saturated carbocycles. The topological polar surface area (TPSA) is 51.8 Å².